The number of likely N-dealkylation sites (N-methyl/N-ethyl adjacent to an activating group) is 1. The van der Waals surface area contributed by atoms with Crippen LogP contribution in [0.25, 0.3) is 17.1 Å². The van der Waals surface area contributed by atoms with E-state index in [0.717, 1.165) is 16.5 Å². The molecule has 0 bridgehead atoms. The molecule has 1 heterocycles. The first-order valence-corrected chi connectivity index (χ1v) is 10.1. The Bertz CT molecular complexity index is 1290. The molecule has 0 aliphatic carbocycles. The van der Waals surface area contributed by atoms with Crippen LogP contribution in [0, 0.1) is 17.5 Å². The topological polar surface area (TPSA) is 80.1 Å². The molecule has 1 aromatic heterocycles. The Kier molecular flexibility index (Phi) is 6.39. The second-order valence-corrected chi connectivity index (χ2v) is 7.30. The molecule has 0 saturated carbocycles. The summed E-state index contributed by atoms with van der Waals surface area (Å²) >= 11 is 0. The minimum Gasteiger partial charge on any atom is -0.330 e. The van der Waals surface area contributed by atoms with Gasteiger partial charge in [-0.1, -0.05) is 48.5 Å². The molecule has 4 aromatic rings. The lowest BCUT2D eigenvalue weighted by Gasteiger charge is -2.15. The van der Waals surface area contributed by atoms with Gasteiger partial charge in [-0.25, -0.2) is 22.8 Å². The second kappa shape index (κ2) is 9.57. The van der Waals surface area contributed by atoms with Gasteiger partial charge in [0.15, 0.2) is 23.3 Å². The lowest BCUT2D eigenvalue weighted by atomic mass is 10.2. The quantitative estimate of drug-likeness (QED) is 0.436. The largest absolute Gasteiger partial charge is 0.330 e. The molecule has 10 heteroatoms. The Morgan fingerprint density at radius 3 is 2.24 bits per heavy atom. The summed E-state index contributed by atoms with van der Waals surface area (Å²) in [5.41, 5.74) is 0.872. The van der Waals surface area contributed by atoms with Crippen molar-refractivity contribution in [3.63, 3.8) is 0 Å². The fourth-order valence-corrected chi connectivity index (χ4v) is 3.20. The standard InChI is InChI=1S/C24H18F3N5O2/c1-31(14-19(33)28-18-13-12-17(25)20(26)21(18)27)24(34)22-29-23(15-8-4-2-5-9-15)32(30-22)16-10-6-3-7-11-16/h2-13H,14H2,1H3,(H,28,33). The molecule has 4 rings (SSSR count). The van der Waals surface area contributed by atoms with Crippen LogP contribution in [0.5, 0.6) is 0 Å². The maximum Gasteiger partial charge on any atom is 0.293 e. The van der Waals surface area contributed by atoms with E-state index in [1.54, 1.807) is 0 Å². The molecule has 0 saturated heterocycles. The van der Waals surface area contributed by atoms with E-state index < -0.39 is 41.5 Å². The van der Waals surface area contributed by atoms with Gasteiger partial charge in [-0.2, -0.15) is 0 Å². The number of amides is 2. The van der Waals surface area contributed by atoms with Crippen LogP contribution in [0.1, 0.15) is 10.6 Å². The average Bonchev–Trinajstić information content (AvgIpc) is 3.30. The Morgan fingerprint density at radius 2 is 1.56 bits per heavy atom. The van der Waals surface area contributed by atoms with Crippen LogP contribution in [-0.2, 0) is 4.79 Å². The molecular formula is C24H18F3N5O2. The molecular weight excluding hydrogens is 447 g/mol. The van der Waals surface area contributed by atoms with E-state index in [4.69, 9.17) is 0 Å². The first-order valence-electron chi connectivity index (χ1n) is 10.1. The van der Waals surface area contributed by atoms with E-state index >= 15 is 0 Å². The maximum atomic E-state index is 13.8. The molecule has 0 radical (unpaired) electrons. The van der Waals surface area contributed by atoms with E-state index in [0.29, 0.717) is 17.6 Å². The lowest BCUT2D eigenvalue weighted by molar-refractivity contribution is -0.116. The van der Waals surface area contributed by atoms with Crippen molar-refractivity contribution in [2.75, 3.05) is 18.9 Å². The smallest absolute Gasteiger partial charge is 0.293 e. The number of nitrogens with zero attached hydrogens (tertiary/aromatic N) is 4. The van der Waals surface area contributed by atoms with Crippen molar-refractivity contribution in [2.24, 2.45) is 0 Å². The van der Waals surface area contributed by atoms with Gasteiger partial charge in [0, 0.05) is 12.6 Å². The highest BCUT2D eigenvalue weighted by Crippen LogP contribution is 2.22. The van der Waals surface area contributed by atoms with Crippen LogP contribution in [-0.4, -0.2) is 45.1 Å². The number of rotatable bonds is 6. The molecule has 0 aliphatic heterocycles. The zero-order chi connectivity index (χ0) is 24.2. The molecule has 2 amide bonds. The van der Waals surface area contributed by atoms with Crippen LogP contribution in [0.4, 0.5) is 18.9 Å². The van der Waals surface area contributed by atoms with Gasteiger partial charge >= 0.3 is 0 Å². The highest BCUT2D eigenvalue weighted by molar-refractivity contribution is 5.97. The predicted octanol–water partition coefficient (Wildman–Crippen LogP) is 4.06. The zero-order valence-corrected chi connectivity index (χ0v) is 17.9. The molecule has 0 aliphatic rings. The number of anilines is 1. The minimum absolute atomic E-state index is 0.156. The van der Waals surface area contributed by atoms with E-state index in [1.165, 1.54) is 11.7 Å². The summed E-state index contributed by atoms with van der Waals surface area (Å²) in [6, 6.07) is 19.8. The summed E-state index contributed by atoms with van der Waals surface area (Å²) in [6.45, 7) is -0.502. The summed E-state index contributed by atoms with van der Waals surface area (Å²) in [7, 11) is 1.34. The van der Waals surface area contributed by atoms with Crippen molar-refractivity contribution in [2.45, 2.75) is 0 Å². The summed E-state index contributed by atoms with van der Waals surface area (Å²) in [5, 5.41) is 6.46. The zero-order valence-electron chi connectivity index (χ0n) is 17.9. The van der Waals surface area contributed by atoms with E-state index in [9.17, 15) is 22.8 Å². The number of carbonyl (C=O) groups excluding carboxylic acids is 2. The number of nitrogens with one attached hydrogen (secondary N) is 1. The lowest BCUT2D eigenvalue weighted by Crippen LogP contribution is -2.35. The van der Waals surface area contributed by atoms with Gasteiger partial charge in [0.05, 0.1) is 17.9 Å². The van der Waals surface area contributed by atoms with Crippen LogP contribution in [0.15, 0.2) is 72.8 Å². The van der Waals surface area contributed by atoms with Gasteiger partial charge in [0.1, 0.15) is 0 Å². The highest BCUT2D eigenvalue weighted by Gasteiger charge is 2.23. The number of hydrogen-bond donors (Lipinski definition) is 1. The SMILES string of the molecule is CN(CC(=O)Nc1ccc(F)c(F)c1F)C(=O)c1nc(-c2ccccc2)n(-c2ccccc2)n1. The fraction of sp³-hybridized carbons (Fsp3) is 0.0833. The highest BCUT2D eigenvalue weighted by atomic mass is 19.2. The number of carbonyl (C=O) groups is 2. The molecule has 0 unspecified atom stereocenters. The van der Waals surface area contributed by atoms with E-state index in [2.05, 4.69) is 15.4 Å². The molecule has 172 valence electrons. The van der Waals surface area contributed by atoms with Gasteiger partial charge in [-0.3, -0.25) is 9.59 Å². The number of halogens is 3. The fourth-order valence-electron chi connectivity index (χ4n) is 3.20. The molecule has 0 atom stereocenters. The summed E-state index contributed by atoms with van der Waals surface area (Å²) in [5.74, 6) is -5.81. The van der Waals surface area contributed by atoms with E-state index in [-0.39, 0.29) is 5.82 Å². The Morgan fingerprint density at radius 1 is 0.912 bits per heavy atom. The third kappa shape index (κ3) is 4.65. The van der Waals surface area contributed by atoms with Crippen molar-refractivity contribution in [3.8, 4) is 17.1 Å². The third-order valence-corrected chi connectivity index (χ3v) is 4.87. The van der Waals surface area contributed by atoms with Gasteiger partial charge < -0.3 is 10.2 Å². The van der Waals surface area contributed by atoms with Crippen molar-refractivity contribution in [1.29, 1.82) is 0 Å². The Hall–Kier alpha value is -4.47. The van der Waals surface area contributed by atoms with Crippen molar-refractivity contribution >= 4 is 17.5 Å². The summed E-state index contributed by atoms with van der Waals surface area (Å²) < 4.78 is 41.8. The summed E-state index contributed by atoms with van der Waals surface area (Å²) in [6.07, 6.45) is 0. The van der Waals surface area contributed by atoms with Crippen molar-refractivity contribution < 1.29 is 22.8 Å². The van der Waals surface area contributed by atoms with Crippen LogP contribution < -0.4 is 5.32 Å². The number of benzene rings is 3. The number of para-hydroxylation sites is 1. The third-order valence-electron chi connectivity index (χ3n) is 4.87. The number of aromatic nitrogens is 3. The predicted molar refractivity (Wildman–Crippen MR) is 119 cm³/mol. The van der Waals surface area contributed by atoms with Gasteiger partial charge in [0.25, 0.3) is 5.91 Å². The van der Waals surface area contributed by atoms with E-state index in [1.807, 2.05) is 60.7 Å². The normalized spacial score (nSPS) is 10.7. The first-order chi connectivity index (χ1) is 16.3. The molecule has 0 fully saturated rings. The van der Waals surface area contributed by atoms with Gasteiger partial charge in [0.2, 0.25) is 11.7 Å². The molecule has 1 N–H and O–H groups in total. The first kappa shape index (κ1) is 22.7. The van der Waals surface area contributed by atoms with Gasteiger partial charge in [-0.05, 0) is 24.3 Å². The molecule has 3 aromatic carbocycles. The average molecular weight is 465 g/mol. The van der Waals surface area contributed by atoms with Gasteiger partial charge in [-0.15, -0.1) is 5.10 Å². The maximum absolute atomic E-state index is 13.8. The van der Waals surface area contributed by atoms with Crippen LogP contribution in [0.3, 0.4) is 0 Å². The Balaban J connectivity index is 1.56. The molecule has 0 spiro atoms. The van der Waals surface area contributed by atoms with Crippen molar-refractivity contribution in [1.82, 2.24) is 19.7 Å². The van der Waals surface area contributed by atoms with Crippen molar-refractivity contribution in [3.05, 3.63) is 96.1 Å². The second-order valence-electron chi connectivity index (χ2n) is 7.30. The summed E-state index contributed by atoms with van der Waals surface area (Å²) in [4.78, 5) is 30.7. The monoisotopic (exact) mass is 465 g/mol. The van der Waals surface area contributed by atoms with Crippen LogP contribution in [0.2, 0.25) is 0 Å². The van der Waals surface area contributed by atoms with Crippen LogP contribution >= 0.6 is 0 Å². The Labute approximate surface area is 192 Å². The molecule has 7 nitrogen and oxygen atoms in total. The minimum atomic E-state index is -1.70. The number of hydrogen-bond acceptors (Lipinski definition) is 4. The molecule has 34 heavy (non-hydrogen) atoms.